The second-order valence-electron chi connectivity index (χ2n) is 7.02. The molecular weight excluding hydrogens is 310 g/mol. The Morgan fingerprint density at radius 1 is 1.09 bits per heavy atom. The molecule has 1 amide bonds. The lowest BCUT2D eigenvalue weighted by Crippen LogP contribution is -2.49. The first-order chi connectivity index (χ1) is 10.9. The van der Waals surface area contributed by atoms with Crippen molar-refractivity contribution in [1.82, 2.24) is 4.90 Å². The van der Waals surface area contributed by atoms with E-state index >= 15 is 0 Å². The highest BCUT2D eigenvalue weighted by atomic mass is 32.2. The highest BCUT2D eigenvalue weighted by Gasteiger charge is 2.35. The minimum Gasteiger partial charge on any atom is -0.335 e. The molecule has 5 heteroatoms. The summed E-state index contributed by atoms with van der Waals surface area (Å²) in [5.74, 6) is 0.800. The molecule has 2 atom stereocenters. The fourth-order valence-electron chi connectivity index (χ4n) is 4.09. The van der Waals surface area contributed by atoms with Gasteiger partial charge in [0.1, 0.15) is 0 Å². The molecule has 1 heterocycles. The van der Waals surface area contributed by atoms with Gasteiger partial charge in [0.2, 0.25) is 0 Å². The van der Waals surface area contributed by atoms with Crippen LogP contribution in [0.3, 0.4) is 0 Å². The SMILES string of the molecule is CS(=O)(=O)Cc1ccc(C(=O)N2CCCC3CCCCC32)cc1. The van der Waals surface area contributed by atoms with E-state index < -0.39 is 9.84 Å². The molecule has 1 saturated heterocycles. The van der Waals surface area contributed by atoms with E-state index in [1.54, 1.807) is 24.3 Å². The number of hydrogen-bond acceptors (Lipinski definition) is 3. The van der Waals surface area contributed by atoms with Gasteiger partial charge in [-0.2, -0.15) is 0 Å². The van der Waals surface area contributed by atoms with Gasteiger partial charge >= 0.3 is 0 Å². The van der Waals surface area contributed by atoms with Gasteiger partial charge in [-0.15, -0.1) is 0 Å². The van der Waals surface area contributed by atoms with Crippen LogP contribution in [0, 0.1) is 5.92 Å². The number of rotatable bonds is 3. The largest absolute Gasteiger partial charge is 0.335 e. The maximum absolute atomic E-state index is 12.9. The van der Waals surface area contributed by atoms with Crippen LogP contribution in [0.4, 0.5) is 0 Å². The molecule has 0 bridgehead atoms. The van der Waals surface area contributed by atoms with Gasteiger partial charge in [0.25, 0.3) is 5.91 Å². The van der Waals surface area contributed by atoms with Crippen molar-refractivity contribution in [3.63, 3.8) is 0 Å². The van der Waals surface area contributed by atoms with E-state index in [-0.39, 0.29) is 11.7 Å². The molecule has 1 aromatic rings. The Morgan fingerprint density at radius 3 is 2.43 bits per heavy atom. The number of hydrogen-bond donors (Lipinski definition) is 0. The standard InChI is InChI=1S/C18H25NO3S/c1-23(21,22)13-14-8-10-16(11-9-14)18(20)19-12-4-6-15-5-2-3-7-17(15)19/h8-11,15,17H,2-7,12-13H2,1H3. The van der Waals surface area contributed by atoms with Gasteiger partial charge in [-0.3, -0.25) is 4.79 Å². The molecule has 23 heavy (non-hydrogen) atoms. The summed E-state index contributed by atoms with van der Waals surface area (Å²) < 4.78 is 22.7. The van der Waals surface area contributed by atoms with Gasteiger partial charge in [-0.25, -0.2) is 8.42 Å². The van der Waals surface area contributed by atoms with Crippen LogP contribution in [0.15, 0.2) is 24.3 Å². The Kier molecular flexibility index (Phi) is 4.76. The molecule has 2 fully saturated rings. The molecule has 1 aliphatic heterocycles. The van der Waals surface area contributed by atoms with Crippen molar-refractivity contribution < 1.29 is 13.2 Å². The summed E-state index contributed by atoms with van der Waals surface area (Å²) in [6, 6.07) is 7.47. The zero-order valence-corrected chi connectivity index (χ0v) is 14.5. The number of carbonyl (C=O) groups is 1. The van der Waals surface area contributed by atoms with E-state index in [1.807, 2.05) is 0 Å². The first-order valence-corrected chi connectivity index (χ1v) is 10.6. The summed E-state index contributed by atoms with van der Waals surface area (Å²) in [5, 5.41) is 0. The van der Waals surface area contributed by atoms with Crippen LogP contribution in [0.1, 0.15) is 54.4 Å². The Hall–Kier alpha value is -1.36. The summed E-state index contributed by atoms with van der Waals surface area (Å²) in [6.45, 7) is 0.852. The quantitative estimate of drug-likeness (QED) is 0.853. The number of benzene rings is 1. The minimum atomic E-state index is -3.04. The normalized spacial score (nSPS) is 25.0. The number of sulfone groups is 1. The molecule has 3 rings (SSSR count). The summed E-state index contributed by atoms with van der Waals surface area (Å²) in [4.78, 5) is 14.9. The smallest absolute Gasteiger partial charge is 0.254 e. The Balaban J connectivity index is 1.74. The molecule has 0 N–H and O–H groups in total. The fraction of sp³-hybridized carbons (Fsp3) is 0.611. The van der Waals surface area contributed by atoms with Crippen LogP contribution < -0.4 is 0 Å². The van der Waals surface area contributed by atoms with Crippen molar-refractivity contribution in [3.8, 4) is 0 Å². The van der Waals surface area contributed by atoms with Crippen LogP contribution in [0.25, 0.3) is 0 Å². The Morgan fingerprint density at radius 2 is 1.74 bits per heavy atom. The van der Waals surface area contributed by atoms with E-state index in [2.05, 4.69) is 4.90 Å². The Bertz CT molecular complexity index is 664. The van der Waals surface area contributed by atoms with Gasteiger partial charge in [-0.1, -0.05) is 25.0 Å². The second kappa shape index (κ2) is 6.63. The fourth-order valence-corrected chi connectivity index (χ4v) is 4.89. The van der Waals surface area contributed by atoms with Gasteiger partial charge < -0.3 is 4.90 Å². The van der Waals surface area contributed by atoms with Crippen molar-refractivity contribution in [2.75, 3.05) is 12.8 Å². The van der Waals surface area contributed by atoms with Crippen LogP contribution in [-0.4, -0.2) is 38.1 Å². The van der Waals surface area contributed by atoms with Crippen LogP contribution in [0.5, 0.6) is 0 Å². The van der Waals surface area contributed by atoms with Crippen LogP contribution >= 0.6 is 0 Å². The van der Waals surface area contributed by atoms with Gasteiger partial charge in [0, 0.05) is 24.4 Å². The van der Waals surface area contributed by atoms with E-state index in [9.17, 15) is 13.2 Å². The third-order valence-electron chi connectivity index (χ3n) is 5.13. The zero-order chi connectivity index (χ0) is 16.4. The number of fused-ring (bicyclic) bond motifs is 1. The molecule has 126 valence electrons. The number of likely N-dealkylation sites (tertiary alicyclic amines) is 1. The first kappa shape index (κ1) is 16.5. The summed E-state index contributed by atoms with van der Waals surface area (Å²) >= 11 is 0. The molecule has 2 aliphatic rings. The number of carbonyl (C=O) groups excluding carboxylic acids is 1. The predicted octanol–water partition coefficient (Wildman–Crippen LogP) is 3.03. The maximum Gasteiger partial charge on any atom is 0.254 e. The van der Waals surface area contributed by atoms with Gasteiger partial charge in [-0.05, 0) is 49.3 Å². The monoisotopic (exact) mass is 335 g/mol. The molecule has 2 unspecified atom stereocenters. The molecule has 0 radical (unpaired) electrons. The topological polar surface area (TPSA) is 54.5 Å². The molecule has 0 aromatic heterocycles. The zero-order valence-electron chi connectivity index (χ0n) is 13.7. The van der Waals surface area contributed by atoms with Crippen LogP contribution in [0.2, 0.25) is 0 Å². The third kappa shape index (κ3) is 3.94. The minimum absolute atomic E-state index is 0.0237. The van der Waals surface area contributed by atoms with Crippen molar-refractivity contribution in [1.29, 1.82) is 0 Å². The lowest BCUT2D eigenvalue weighted by Gasteiger charge is -2.44. The highest BCUT2D eigenvalue weighted by Crippen LogP contribution is 2.35. The average Bonchev–Trinajstić information content (AvgIpc) is 2.53. The van der Waals surface area contributed by atoms with Crippen molar-refractivity contribution in [2.45, 2.75) is 50.3 Å². The first-order valence-electron chi connectivity index (χ1n) is 8.52. The molecule has 1 saturated carbocycles. The van der Waals surface area contributed by atoms with Crippen molar-refractivity contribution in [2.24, 2.45) is 5.92 Å². The molecule has 1 aliphatic carbocycles. The highest BCUT2D eigenvalue weighted by molar-refractivity contribution is 7.89. The van der Waals surface area contributed by atoms with Crippen molar-refractivity contribution >= 4 is 15.7 Å². The van der Waals surface area contributed by atoms with Gasteiger partial charge in [0.05, 0.1) is 5.75 Å². The lowest BCUT2D eigenvalue weighted by molar-refractivity contribution is 0.0390. The molecular formula is C18H25NO3S. The van der Waals surface area contributed by atoms with Crippen LogP contribution in [-0.2, 0) is 15.6 Å². The average molecular weight is 335 g/mol. The third-order valence-corrected chi connectivity index (χ3v) is 5.99. The van der Waals surface area contributed by atoms with E-state index in [0.29, 0.717) is 17.5 Å². The number of piperidine rings is 1. The maximum atomic E-state index is 12.9. The molecule has 4 nitrogen and oxygen atoms in total. The Labute approximate surface area is 138 Å². The molecule has 0 spiro atoms. The van der Waals surface area contributed by atoms with Crippen molar-refractivity contribution in [3.05, 3.63) is 35.4 Å². The van der Waals surface area contributed by atoms with E-state index in [0.717, 1.165) is 24.9 Å². The van der Waals surface area contributed by atoms with Gasteiger partial charge in [0.15, 0.2) is 9.84 Å². The predicted molar refractivity (Wildman–Crippen MR) is 91.0 cm³/mol. The van der Waals surface area contributed by atoms with E-state index in [4.69, 9.17) is 0 Å². The second-order valence-corrected chi connectivity index (χ2v) is 9.16. The number of nitrogens with zero attached hydrogens (tertiary/aromatic N) is 1. The summed E-state index contributed by atoms with van der Waals surface area (Å²) in [5.41, 5.74) is 1.41. The molecule has 1 aromatic carbocycles. The summed E-state index contributed by atoms with van der Waals surface area (Å²) in [7, 11) is -3.04. The lowest BCUT2D eigenvalue weighted by atomic mass is 9.78. The summed E-state index contributed by atoms with van der Waals surface area (Å²) in [6.07, 6.45) is 8.47. The number of amides is 1. The van der Waals surface area contributed by atoms with E-state index in [1.165, 1.54) is 31.9 Å².